The van der Waals surface area contributed by atoms with Gasteiger partial charge in [-0.2, -0.15) is 0 Å². The Labute approximate surface area is 166 Å². The average Bonchev–Trinajstić information content (AvgIpc) is 2.69. The van der Waals surface area contributed by atoms with Crippen molar-refractivity contribution in [1.82, 2.24) is 10.2 Å². The molecule has 0 radical (unpaired) electrons. The maximum atomic E-state index is 12.4. The lowest BCUT2D eigenvalue weighted by molar-refractivity contribution is -0.137. The van der Waals surface area contributed by atoms with Gasteiger partial charge in [0.15, 0.2) is 12.4 Å². The summed E-state index contributed by atoms with van der Waals surface area (Å²) in [6, 6.07) is 16.5. The van der Waals surface area contributed by atoms with E-state index >= 15 is 0 Å². The number of ether oxygens (including phenoxy) is 1. The first-order chi connectivity index (χ1) is 12.6. The molecular formula is C21H25ClN2O3. The van der Waals surface area contributed by atoms with Crippen molar-refractivity contribution < 1.29 is 14.3 Å². The molecule has 6 heteroatoms. The monoisotopic (exact) mass is 388 g/mol. The van der Waals surface area contributed by atoms with Crippen molar-refractivity contribution in [3.63, 3.8) is 0 Å². The number of nitrogens with zero attached hydrogens (tertiary/aromatic N) is 1. The Bertz CT molecular complexity index is 765. The van der Waals surface area contributed by atoms with Gasteiger partial charge in [0.1, 0.15) is 5.75 Å². The summed E-state index contributed by atoms with van der Waals surface area (Å²) in [5.74, 6) is 0.533. The summed E-state index contributed by atoms with van der Waals surface area (Å²) in [4.78, 5) is 26.7. The fourth-order valence-electron chi connectivity index (χ4n) is 3.10. The Kier molecular flexibility index (Phi) is 7.39. The Balaban J connectivity index is 0.00000261. The molecule has 1 aliphatic rings. The lowest BCUT2D eigenvalue weighted by Crippen LogP contribution is -2.58. The Morgan fingerprint density at radius 3 is 2.33 bits per heavy atom. The van der Waals surface area contributed by atoms with Crippen LogP contribution in [-0.2, 0) is 4.79 Å². The SMILES string of the molecule is CC1NCCN(C(=O)COc2ccc(C(=O)c3ccccc3)cc2)C1C.Cl. The largest absolute Gasteiger partial charge is 0.484 e. The number of benzene rings is 2. The van der Waals surface area contributed by atoms with E-state index in [4.69, 9.17) is 4.74 Å². The number of hydrogen-bond donors (Lipinski definition) is 1. The van der Waals surface area contributed by atoms with Gasteiger partial charge in [-0.25, -0.2) is 0 Å². The lowest BCUT2D eigenvalue weighted by atomic mass is 10.0. The highest BCUT2D eigenvalue weighted by Gasteiger charge is 2.28. The summed E-state index contributed by atoms with van der Waals surface area (Å²) in [6.45, 7) is 5.61. The van der Waals surface area contributed by atoms with Crippen LogP contribution in [0.2, 0.25) is 0 Å². The minimum Gasteiger partial charge on any atom is -0.484 e. The quantitative estimate of drug-likeness (QED) is 0.800. The van der Waals surface area contributed by atoms with Crippen molar-refractivity contribution in [2.45, 2.75) is 25.9 Å². The van der Waals surface area contributed by atoms with Crippen LogP contribution in [0.5, 0.6) is 5.75 Å². The molecule has 1 fully saturated rings. The van der Waals surface area contributed by atoms with Crippen LogP contribution in [0.25, 0.3) is 0 Å². The van der Waals surface area contributed by atoms with Gasteiger partial charge in [-0.05, 0) is 38.1 Å². The van der Waals surface area contributed by atoms with Crippen LogP contribution in [0, 0.1) is 0 Å². The van der Waals surface area contributed by atoms with Crippen LogP contribution in [0.1, 0.15) is 29.8 Å². The van der Waals surface area contributed by atoms with E-state index in [1.54, 1.807) is 36.4 Å². The molecule has 0 aliphatic carbocycles. The molecule has 2 aromatic carbocycles. The van der Waals surface area contributed by atoms with Crippen molar-refractivity contribution in [1.29, 1.82) is 0 Å². The molecule has 0 spiro atoms. The Morgan fingerprint density at radius 2 is 1.67 bits per heavy atom. The molecule has 5 nitrogen and oxygen atoms in total. The molecule has 27 heavy (non-hydrogen) atoms. The molecule has 2 atom stereocenters. The molecule has 3 rings (SSSR count). The molecular weight excluding hydrogens is 364 g/mol. The van der Waals surface area contributed by atoms with Crippen LogP contribution in [0.15, 0.2) is 54.6 Å². The molecule has 2 unspecified atom stereocenters. The van der Waals surface area contributed by atoms with Crippen molar-refractivity contribution in [3.8, 4) is 5.75 Å². The number of nitrogens with one attached hydrogen (secondary N) is 1. The van der Waals surface area contributed by atoms with E-state index in [1.807, 2.05) is 30.0 Å². The van der Waals surface area contributed by atoms with Crippen LogP contribution < -0.4 is 10.1 Å². The van der Waals surface area contributed by atoms with E-state index in [-0.39, 0.29) is 42.8 Å². The van der Waals surface area contributed by atoms with Gasteiger partial charge in [0.2, 0.25) is 0 Å². The number of rotatable bonds is 5. The Morgan fingerprint density at radius 1 is 1.04 bits per heavy atom. The number of piperazine rings is 1. The molecule has 1 N–H and O–H groups in total. The number of amides is 1. The zero-order valence-electron chi connectivity index (χ0n) is 15.6. The molecule has 0 aromatic heterocycles. The van der Waals surface area contributed by atoms with Gasteiger partial charge in [-0.15, -0.1) is 12.4 Å². The zero-order chi connectivity index (χ0) is 18.5. The molecule has 144 valence electrons. The summed E-state index contributed by atoms with van der Waals surface area (Å²) in [5.41, 5.74) is 1.25. The minimum atomic E-state index is -0.0307. The molecule has 1 amide bonds. The van der Waals surface area contributed by atoms with E-state index in [2.05, 4.69) is 12.2 Å². The second-order valence-electron chi connectivity index (χ2n) is 6.58. The smallest absolute Gasteiger partial charge is 0.260 e. The van der Waals surface area contributed by atoms with Gasteiger partial charge in [0.05, 0.1) is 0 Å². The topological polar surface area (TPSA) is 58.6 Å². The minimum absolute atomic E-state index is 0. The van der Waals surface area contributed by atoms with Gasteiger partial charge in [0, 0.05) is 36.3 Å². The first-order valence-corrected chi connectivity index (χ1v) is 8.91. The van der Waals surface area contributed by atoms with E-state index in [1.165, 1.54) is 0 Å². The van der Waals surface area contributed by atoms with Gasteiger partial charge < -0.3 is 15.0 Å². The number of ketones is 1. The summed E-state index contributed by atoms with van der Waals surface area (Å²) >= 11 is 0. The fraction of sp³-hybridized carbons (Fsp3) is 0.333. The van der Waals surface area contributed by atoms with E-state index < -0.39 is 0 Å². The van der Waals surface area contributed by atoms with Gasteiger partial charge in [0.25, 0.3) is 5.91 Å². The van der Waals surface area contributed by atoms with Crippen molar-refractivity contribution in [2.24, 2.45) is 0 Å². The summed E-state index contributed by atoms with van der Waals surface area (Å²) < 4.78 is 5.62. The van der Waals surface area contributed by atoms with E-state index in [0.717, 1.165) is 6.54 Å². The highest BCUT2D eigenvalue weighted by molar-refractivity contribution is 6.08. The lowest BCUT2D eigenvalue weighted by Gasteiger charge is -2.38. The number of carbonyl (C=O) groups is 2. The number of carbonyl (C=O) groups excluding carboxylic acids is 2. The molecule has 0 bridgehead atoms. The second-order valence-corrected chi connectivity index (χ2v) is 6.58. The number of hydrogen-bond acceptors (Lipinski definition) is 4. The van der Waals surface area contributed by atoms with Crippen molar-refractivity contribution >= 4 is 24.1 Å². The van der Waals surface area contributed by atoms with Crippen LogP contribution in [0.3, 0.4) is 0 Å². The van der Waals surface area contributed by atoms with Gasteiger partial charge in [-0.1, -0.05) is 30.3 Å². The third kappa shape index (κ3) is 5.08. The molecule has 2 aromatic rings. The zero-order valence-corrected chi connectivity index (χ0v) is 16.4. The molecule has 1 aliphatic heterocycles. The maximum Gasteiger partial charge on any atom is 0.260 e. The Hall–Kier alpha value is -2.37. The first-order valence-electron chi connectivity index (χ1n) is 8.91. The second kappa shape index (κ2) is 9.53. The van der Waals surface area contributed by atoms with Crippen molar-refractivity contribution in [2.75, 3.05) is 19.7 Å². The maximum absolute atomic E-state index is 12.4. The fourth-order valence-corrected chi connectivity index (χ4v) is 3.10. The summed E-state index contributed by atoms with van der Waals surface area (Å²) in [5, 5.41) is 3.35. The van der Waals surface area contributed by atoms with Crippen LogP contribution >= 0.6 is 12.4 Å². The highest BCUT2D eigenvalue weighted by Crippen LogP contribution is 2.16. The predicted octanol–water partition coefficient (Wildman–Crippen LogP) is 2.93. The summed E-state index contributed by atoms with van der Waals surface area (Å²) in [6.07, 6.45) is 0. The van der Waals surface area contributed by atoms with Crippen LogP contribution in [0.4, 0.5) is 0 Å². The summed E-state index contributed by atoms with van der Waals surface area (Å²) in [7, 11) is 0. The van der Waals surface area contributed by atoms with Crippen molar-refractivity contribution in [3.05, 3.63) is 65.7 Å². The number of halogens is 1. The van der Waals surface area contributed by atoms with Gasteiger partial charge in [-0.3, -0.25) is 9.59 Å². The van der Waals surface area contributed by atoms with Gasteiger partial charge >= 0.3 is 0 Å². The molecule has 1 saturated heterocycles. The third-order valence-corrected chi connectivity index (χ3v) is 4.87. The first kappa shape index (κ1) is 20.9. The predicted molar refractivity (Wildman–Crippen MR) is 108 cm³/mol. The highest BCUT2D eigenvalue weighted by atomic mass is 35.5. The van der Waals surface area contributed by atoms with E-state index in [9.17, 15) is 9.59 Å². The molecule has 0 saturated carbocycles. The average molecular weight is 389 g/mol. The molecule has 1 heterocycles. The standard InChI is InChI=1S/C21H24N2O3.ClH/c1-15-16(2)23(13-12-22-15)20(24)14-26-19-10-8-18(9-11-19)21(25)17-6-4-3-5-7-17;/h3-11,15-16,22H,12-14H2,1-2H3;1H. The third-order valence-electron chi connectivity index (χ3n) is 4.87. The van der Waals surface area contributed by atoms with E-state index in [0.29, 0.717) is 23.4 Å². The van der Waals surface area contributed by atoms with Crippen LogP contribution in [-0.4, -0.2) is 48.4 Å². The normalized spacial score (nSPS) is 19.1.